The molecule has 0 bridgehead atoms. The molecule has 0 amide bonds. The van der Waals surface area contributed by atoms with Crippen molar-refractivity contribution in [2.75, 3.05) is 6.67 Å². The van der Waals surface area contributed by atoms with Gasteiger partial charge in [-0.3, -0.25) is 8.60 Å². The molecule has 0 aliphatic carbocycles. The Balaban J connectivity index is 2.78. The number of hydrogen-bond donors (Lipinski definition) is 0. The van der Waals surface area contributed by atoms with Gasteiger partial charge in [-0.25, -0.2) is 0 Å². The Kier molecular flexibility index (Phi) is 3.37. The molecule has 1 atom stereocenters. The number of halogens is 1. The Morgan fingerprint density at radius 1 is 1.33 bits per heavy atom. The zero-order valence-corrected chi connectivity index (χ0v) is 7.14. The molecule has 1 aromatic carbocycles. The molecule has 2 nitrogen and oxygen atoms in total. The molecule has 0 heterocycles. The second-order valence-electron chi connectivity index (χ2n) is 2.32. The van der Waals surface area contributed by atoms with E-state index < -0.39 is 17.8 Å². The van der Waals surface area contributed by atoms with Crippen LogP contribution in [-0.4, -0.2) is 15.4 Å². The van der Waals surface area contributed by atoms with E-state index in [1.165, 1.54) is 12.1 Å². The summed E-state index contributed by atoms with van der Waals surface area (Å²) in [5.41, 5.74) is 0.812. The van der Waals surface area contributed by atoms with Gasteiger partial charge in [0, 0.05) is 11.3 Å². The lowest BCUT2D eigenvalue weighted by Gasteiger charge is -2.04. The Hall–Kier alpha value is -0.740. The molecule has 0 aliphatic heterocycles. The van der Waals surface area contributed by atoms with Crippen LogP contribution in [0.25, 0.3) is 0 Å². The highest BCUT2D eigenvalue weighted by molar-refractivity contribution is 7.79. The third-order valence-corrected chi connectivity index (χ3v) is 2.16. The fourth-order valence-electron chi connectivity index (χ4n) is 0.876. The van der Waals surface area contributed by atoms with E-state index in [4.69, 9.17) is 0 Å². The molecule has 0 saturated heterocycles. The van der Waals surface area contributed by atoms with Crippen LogP contribution in [0.5, 0.6) is 0 Å². The highest BCUT2D eigenvalue weighted by Gasteiger charge is 1.93. The second-order valence-corrected chi connectivity index (χ2v) is 3.26. The maximum Gasteiger partial charge on any atom is 0.0934 e. The number of hydrogen-bond acceptors (Lipinski definition) is 2. The lowest BCUT2D eigenvalue weighted by Crippen LogP contribution is -1.90. The van der Waals surface area contributed by atoms with Gasteiger partial charge in [-0.15, -0.1) is 0 Å². The van der Waals surface area contributed by atoms with Crippen LogP contribution in [0.15, 0.2) is 29.2 Å². The summed E-state index contributed by atoms with van der Waals surface area (Å²) in [6, 6.07) is 6.16. The molecule has 12 heavy (non-hydrogen) atoms. The van der Waals surface area contributed by atoms with E-state index >= 15 is 0 Å². The SMILES string of the molecule is O=S([O-])c1ccc(CCF)cc1. The Bertz CT molecular complexity index is 271. The van der Waals surface area contributed by atoms with Crippen molar-refractivity contribution in [3.05, 3.63) is 29.8 Å². The minimum atomic E-state index is -2.18. The second kappa shape index (κ2) is 4.33. The number of alkyl halides is 1. The molecule has 1 unspecified atom stereocenters. The van der Waals surface area contributed by atoms with Crippen molar-refractivity contribution in [3.63, 3.8) is 0 Å². The first-order chi connectivity index (χ1) is 5.74. The number of aryl methyl sites for hydroxylation is 1. The Morgan fingerprint density at radius 3 is 2.33 bits per heavy atom. The van der Waals surface area contributed by atoms with Gasteiger partial charge in [0.2, 0.25) is 0 Å². The van der Waals surface area contributed by atoms with E-state index in [0.717, 1.165) is 5.56 Å². The van der Waals surface area contributed by atoms with Gasteiger partial charge in [0.05, 0.1) is 6.67 Å². The highest BCUT2D eigenvalue weighted by atomic mass is 32.2. The van der Waals surface area contributed by atoms with Crippen LogP contribution in [0.4, 0.5) is 4.39 Å². The molecule has 0 spiro atoms. The summed E-state index contributed by atoms with van der Waals surface area (Å²) in [5, 5.41) is 0. The van der Waals surface area contributed by atoms with E-state index in [9.17, 15) is 13.2 Å². The smallest absolute Gasteiger partial charge is 0.0934 e. The van der Waals surface area contributed by atoms with Gasteiger partial charge in [0.25, 0.3) is 0 Å². The number of rotatable bonds is 3. The maximum absolute atomic E-state index is 11.8. The van der Waals surface area contributed by atoms with E-state index in [2.05, 4.69) is 0 Å². The minimum Gasteiger partial charge on any atom is -0.768 e. The van der Waals surface area contributed by atoms with Crippen molar-refractivity contribution in [2.45, 2.75) is 11.3 Å². The molecule has 0 radical (unpaired) electrons. The first-order valence-electron chi connectivity index (χ1n) is 3.48. The van der Waals surface area contributed by atoms with Crippen molar-refractivity contribution in [2.24, 2.45) is 0 Å². The van der Waals surface area contributed by atoms with Crippen molar-refractivity contribution < 1.29 is 13.2 Å². The predicted octanol–water partition coefficient (Wildman–Crippen LogP) is 1.44. The summed E-state index contributed by atoms with van der Waals surface area (Å²) in [6.45, 7) is -0.417. The van der Waals surface area contributed by atoms with Crippen LogP contribution < -0.4 is 0 Å². The first-order valence-corrected chi connectivity index (χ1v) is 4.55. The minimum absolute atomic E-state index is 0.234. The van der Waals surface area contributed by atoms with E-state index in [1.807, 2.05) is 0 Å². The number of benzene rings is 1. The molecular formula is C8H8FO2S-. The lowest BCUT2D eigenvalue weighted by molar-refractivity contribution is 0.495. The van der Waals surface area contributed by atoms with Crippen LogP contribution in [0.2, 0.25) is 0 Å². The van der Waals surface area contributed by atoms with E-state index in [1.54, 1.807) is 12.1 Å². The van der Waals surface area contributed by atoms with Crippen LogP contribution in [-0.2, 0) is 17.5 Å². The van der Waals surface area contributed by atoms with Gasteiger partial charge in [0.15, 0.2) is 0 Å². The molecule has 66 valence electrons. The fourth-order valence-corrected chi connectivity index (χ4v) is 1.23. The molecule has 0 N–H and O–H groups in total. The molecule has 0 aliphatic rings. The predicted molar refractivity (Wildman–Crippen MR) is 43.3 cm³/mol. The van der Waals surface area contributed by atoms with Crippen LogP contribution >= 0.6 is 0 Å². The van der Waals surface area contributed by atoms with Crippen LogP contribution in [0.1, 0.15) is 5.56 Å². The largest absolute Gasteiger partial charge is 0.768 e. The van der Waals surface area contributed by atoms with Crippen molar-refractivity contribution in [1.29, 1.82) is 0 Å². The third-order valence-electron chi connectivity index (χ3n) is 1.50. The molecule has 0 fully saturated rings. The van der Waals surface area contributed by atoms with Gasteiger partial charge in [0.1, 0.15) is 0 Å². The average molecular weight is 187 g/mol. The summed E-state index contributed by atoms with van der Waals surface area (Å²) in [7, 11) is 0. The van der Waals surface area contributed by atoms with E-state index in [0.29, 0.717) is 6.42 Å². The average Bonchev–Trinajstić information content (AvgIpc) is 2.06. The Labute approximate surface area is 72.7 Å². The van der Waals surface area contributed by atoms with Crippen LogP contribution in [0.3, 0.4) is 0 Å². The molecular weight excluding hydrogens is 179 g/mol. The Morgan fingerprint density at radius 2 is 1.92 bits per heavy atom. The van der Waals surface area contributed by atoms with Gasteiger partial charge >= 0.3 is 0 Å². The van der Waals surface area contributed by atoms with Gasteiger partial charge < -0.3 is 4.55 Å². The first kappa shape index (κ1) is 9.35. The summed E-state index contributed by atoms with van der Waals surface area (Å²) >= 11 is -2.18. The van der Waals surface area contributed by atoms with E-state index in [-0.39, 0.29) is 4.90 Å². The van der Waals surface area contributed by atoms with Crippen molar-refractivity contribution >= 4 is 11.1 Å². The standard InChI is InChI=1S/C8H9FO2S/c9-6-5-7-1-3-8(4-2-7)12(10)11/h1-4H,5-6H2,(H,10,11)/p-1. The lowest BCUT2D eigenvalue weighted by atomic mass is 10.2. The summed E-state index contributed by atoms with van der Waals surface area (Å²) in [6.07, 6.45) is 0.339. The summed E-state index contributed by atoms with van der Waals surface area (Å²) in [5.74, 6) is 0. The maximum atomic E-state index is 11.8. The normalized spacial score (nSPS) is 12.8. The summed E-state index contributed by atoms with van der Waals surface area (Å²) in [4.78, 5) is 0.234. The van der Waals surface area contributed by atoms with Gasteiger partial charge in [-0.2, -0.15) is 0 Å². The van der Waals surface area contributed by atoms with Gasteiger partial charge in [-0.1, -0.05) is 12.1 Å². The monoisotopic (exact) mass is 187 g/mol. The molecule has 0 aromatic heterocycles. The zero-order chi connectivity index (χ0) is 8.97. The zero-order valence-electron chi connectivity index (χ0n) is 6.33. The fraction of sp³-hybridized carbons (Fsp3) is 0.250. The van der Waals surface area contributed by atoms with Crippen molar-refractivity contribution in [3.8, 4) is 0 Å². The highest BCUT2D eigenvalue weighted by Crippen LogP contribution is 2.07. The molecule has 4 heteroatoms. The third kappa shape index (κ3) is 2.39. The molecule has 0 saturated carbocycles. The van der Waals surface area contributed by atoms with Crippen molar-refractivity contribution in [1.82, 2.24) is 0 Å². The topological polar surface area (TPSA) is 40.1 Å². The molecule has 1 rings (SSSR count). The quantitative estimate of drug-likeness (QED) is 0.672. The summed E-state index contributed by atoms with van der Waals surface area (Å²) < 4.78 is 32.6. The molecule has 1 aromatic rings. The van der Waals surface area contributed by atoms with Crippen LogP contribution in [0, 0.1) is 0 Å². The van der Waals surface area contributed by atoms with Gasteiger partial charge in [-0.05, 0) is 28.8 Å².